The Kier molecular flexibility index (Phi) is 4.17. The van der Waals surface area contributed by atoms with E-state index in [0.29, 0.717) is 5.95 Å². The topological polar surface area (TPSA) is 59.8 Å². The number of aromatic nitrogens is 3. The van der Waals surface area contributed by atoms with Gasteiger partial charge in [0, 0.05) is 7.05 Å². The average molecular weight is 272 g/mol. The summed E-state index contributed by atoms with van der Waals surface area (Å²) in [6.07, 6.45) is 0. The number of nitrogens with one attached hydrogen (secondary N) is 1. The monoisotopic (exact) mass is 272 g/mol. The van der Waals surface area contributed by atoms with Gasteiger partial charge in [0.25, 0.3) is 0 Å². The van der Waals surface area contributed by atoms with Gasteiger partial charge in [0.15, 0.2) is 0 Å². The lowest BCUT2D eigenvalue weighted by molar-refractivity contribution is -0.118. The molecule has 2 aromatic rings. The predicted molar refractivity (Wildman–Crippen MR) is 78.4 cm³/mol. The minimum Gasteiger partial charge on any atom is -0.293 e. The Labute approximate surface area is 119 Å². The SMILES string of the molecule is Cc1nc(NC(=O)C(c2ccccc2)C(C)C)nn1C. The Hall–Kier alpha value is -2.17. The second kappa shape index (κ2) is 5.86. The first kappa shape index (κ1) is 14.2. The summed E-state index contributed by atoms with van der Waals surface area (Å²) in [6, 6.07) is 9.79. The molecule has 0 bridgehead atoms. The number of anilines is 1. The molecule has 0 fully saturated rings. The molecule has 5 nitrogen and oxygen atoms in total. The maximum absolute atomic E-state index is 12.5. The number of rotatable bonds is 4. The van der Waals surface area contributed by atoms with Crippen LogP contribution in [-0.2, 0) is 11.8 Å². The van der Waals surface area contributed by atoms with Crippen LogP contribution in [0.2, 0.25) is 0 Å². The number of benzene rings is 1. The van der Waals surface area contributed by atoms with Crippen LogP contribution in [-0.4, -0.2) is 20.7 Å². The molecule has 1 heterocycles. The van der Waals surface area contributed by atoms with Gasteiger partial charge in [-0.3, -0.25) is 14.8 Å². The molecule has 1 N–H and O–H groups in total. The van der Waals surface area contributed by atoms with E-state index in [-0.39, 0.29) is 17.7 Å². The van der Waals surface area contributed by atoms with Gasteiger partial charge in [-0.05, 0) is 18.4 Å². The predicted octanol–water partition coefficient (Wildman–Crippen LogP) is 2.50. The van der Waals surface area contributed by atoms with E-state index in [0.717, 1.165) is 11.4 Å². The quantitative estimate of drug-likeness (QED) is 0.930. The van der Waals surface area contributed by atoms with Crippen LogP contribution in [0.1, 0.15) is 31.2 Å². The zero-order valence-electron chi connectivity index (χ0n) is 12.3. The number of aryl methyl sites for hydroxylation is 2. The number of nitrogens with zero attached hydrogens (tertiary/aromatic N) is 3. The van der Waals surface area contributed by atoms with Crippen LogP contribution in [0, 0.1) is 12.8 Å². The van der Waals surface area contributed by atoms with Crippen molar-refractivity contribution in [3.63, 3.8) is 0 Å². The van der Waals surface area contributed by atoms with E-state index in [1.807, 2.05) is 51.1 Å². The number of amides is 1. The van der Waals surface area contributed by atoms with Crippen molar-refractivity contribution < 1.29 is 4.79 Å². The standard InChI is InChI=1S/C15H20N4O/c1-10(2)13(12-8-6-5-7-9-12)14(20)17-15-16-11(3)19(4)18-15/h5-10,13H,1-4H3,(H,17,18,20). The van der Waals surface area contributed by atoms with Gasteiger partial charge in [-0.25, -0.2) is 0 Å². The van der Waals surface area contributed by atoms with E-state index in [2.05, 4.69) is 15.4 Å². The number of hydrogen-bond donors (Lipinski definition) is 1. The summed E-state index contributed by atoms with van der Waals surface area (Å²) in [5, 5.41) is 6.96. The Morgan fingerprint density at radius 1 is 1.25 bits per heavy atom. The van der Waals surface area contributed by atoms with E-state index in [9.17, 15) is 4.79 Å². The lowest BCUT2D eigenvalue weighted by Crippen LogP contribution is -2.25. The molecule has 0 aliphatic rings. The lowest BCUT2D eigenvalue weighted by atomic mass is 9.88. The highest BCUT2D eigenvalue weighted by Gasteiger charge is 2.25. The fourth-order valence-corrected chi connectivity index (χ4v) is 2.20. The van der Waals surface area contributed by atoms with E-state index in [4.69, 9.17) is 0 Å². The summed E-state index contributed by atoms with van der Waals surface area (Å²) < 4.78 is 1.64. The molecule has 0 spiro atoms. The highest BCUT2D eigenvalue weighted by atomic mass is 16.2. The van der Waals surface area contributed by atoms with E-state index >= 15 is 0 Å². The Morgan fingerprint density at radius 3 is 2.40 bits per heavy atom. The van der Waals surface area contributed by atoms with Crippen LogP contribution in [0.15, 0.2) is 30.3 Å². The molecule has 0 aliphatic carbocycles. The van der Waals surface area contributed by atoms with Crippen molar-refractivity contribution in [1.29, 1.82) is 0 Å². The third kappa shape index (κ3) is 3.04. The van der Waals surface area contributed by atoms with E-state index in [1.165, 1.54) is 0 Å². The Bertz CT molecular complexity index is 570. The van der Waals surface area contributed by atoms with Gasteiger partial charge in [0.1, 0.15) is 5.82 Å². The molecule has 2 rings (SSSR count). The van der Waals surface area contributed by atoms with Crippen LogP contribution in [0.5, 0.6) is 0 Å². The van der Waals surface area contributed by atoms with Crippen LogP contribution < -0.4 is 5.32 Å². The van der Waals surface area contributed by atoms with Crippen molar-refractivity contribution in [2.45, 2.75) is 26.7 Å². The van der Waals surface area contributed by atoms with Crippen molar-refractivity contribution in [1.82, 2.24) is 14.8 Å². The fraction of sp³-hybridized carbons (Fsp3) is 0.400. The van der Waals surface area contributed by atoms with Gasteiger partial charge in [0.2, 0.25) is 11.9 Å². The van der Waals surface area contributed by atoms with Gasteiger partial charge >= 0.3 is 0 Å². The van der Waals surface area contributed by atoms with Crippen LogP contribution >= 0.6 is 0 Å². The molecular formula is C15H20N4O. The zero-order chi connectivity index (χ0) is 14.7. The van der Waals surface area contributed by atoms with Gasteiger partial charge in [-0.2, -0.15) is 4.98 Å². The Morgan fingerprint density at radius 2 is 1.90 bits per heavy atom. The van der Waals surface area contributed by atoms with Crippen LogP contribution in [0.4, 0.5) is 5.95 Å². The molecule has 1 atom stereocenters. The summed E-state index contributed by atoms with van der Waals surface area (Å²) >= 11 is 0. The first-order valence-corrected chi connectivity index (χ1v) is 6.72. The second-order valence-corrected chi connectivity index (χ2v) is 5.23. The van der Waals surface area contributed by atoms with Crippen LogP contribution in [0.3, 0.4) is 0 Å². The van der Waals surface area contributed by atoms with E-state index < -0.39 is 0 Å². The maximum Gasteiger partial charge on any atom is 0.248 e. The molecule has 0 saturated carbocycles. The van der Waals surface area contributed by atoms with Gasteiger partial charge < -0.3 is 0 Å². The van der Waals surface area contributed by atoms with Gasteiger partial charge in [-0.1, -0.05) is 44.2 Å². The van der Waals surface area contributed by atoms with Gasteiger partial charge in [-0.15, -0.1) is 5.10 Å². The number of carbonyl (C=O) groups is 1. The highest BCUT2D eigenvalue weighted by Crippen LogP contribution is 2.25. The van der Waals surface area contributed by atoms with Crippen molar-refractivity contribution in [2.24, 2.45) is 13.0 Å². The number of carbonyl (C=O) groups excluding carboxylic acids is 1. The minimum atomic E-state index is -0.208. The summed E-state index contributed by atoms with van der Waals surface area (Å²) in [6.45, 7) is 5.92. The first-order valence-electron chi connectivity index (χ1n) is 6.72. The minimum absolute atomic E-state index is 0.0724. The lowest BCUT2D eigenvalue weighted by Gasteiger charge is -2.19. The summed E-state index contributed by atoms with van der Waals surface area (Å²) in [4.78, 5) is 16.7. The largest absolute Gasteiger partial charge is 0.293 e. The van der Waals surface area contributed by atoms with E-state index in [1.54, 1.807) is 11.7 Å². The average Bonchev–Trinajstić information content (AvgIpc) is 2.69. The Balaban J connectivity index is 2.20. The summed E-state index contributed by atoms with van der Waals surface area (Å²) in [5.41, 5.74) is 1.01. The molecule has 5 heteroatoms. The molecule has 1 amide bonds. The molecule has 0 radical (unpaired) electrons. The highest BCUT2D eigenvalue weighted by molar-refractivity contribution is 5.94. The third-order valence-corrected chi connectivity index (χ3v) is 3.32. The molecule has 1 aromatic heterocycles. The maximum atomic E-state index is 12.5. The molecule has 106 valence electrons. The molecule has 20 heavy (non-hydrogen) atoms. The first-order chi connectivity index (χ1) is 9.49. The zero-order valence-corrected chi connectivity index (χ0v) is 12.3. The molecule has 0 aliphatic heterocycles. The van der Waals surface area contributed by atoms with Gasteiger partial charge in [0.05, 0.1) is 5.92 Å². The smallest absolute Gasteiger partial charge is 0.248 e. The van der Waals surface area contributed by atoms with Crippen molar-refractivity contribution in [3.05, 3.63) is 41.7 Å². The van der Waals surface area contributed by atoms with Crippen LogP contribution in [0.25, 0.3) is 0 Å². The summed E-state index contributed by atoms with van der Waals surface area (Å²) in [7, 11) is 1.80. The third-order valence-electron chi connectivity index (χ3n) is 3.32. The summed E-state index contributed by atoms with van der Waals surface area (Å²) in [5.74, 6) is 1.04. The van der Waals surface area contributed by atoms with Crippen molar-refractivity contribution in [3.8, 4) is 0 Å². The molecule has 0 saturated heterocycles. The van der Waals surface area contributed by atoms with Crippen molar-refractivity contribution >= 4 is 11.9 Å². The molecule has 1 unspecified atom stereocenters. The molecular weight excluding hydrogens is 252 g/mol. The number of hydrogen-bond acceptors (Lipinski definition) is 3. The normalized spacial score (nSPS) is 12.4. The fourth-order valence-electron chi connectivity index (χ4n) is 2.20. The molecule has 1 aromatic carbocycles. The van der Waals surface area contributed by atoms with Crippen molar-refractivity contribution in [2.75, 3.05) is 5.32 Å². The second-order valence-electron chi connectivity index (χ2n) is 5.23.